The maximum absolute atomic E-state index is 12.1. The molecule has 3 nitrogen and oxygen atoms in total. The molecule has 0 saturated heterocycles. The van der Waals surface area contributed by atoms with Gasteiger partial charge in [-0.25, -0.2) is 9.97 Å². The maximum atomic E-state index is 12.1. The van der Waals surface area contributed by atoms with E-state index in [1.165, 1.54) is 6.20 Å². The lowest BCUT2D eigenvalue weighted by atomic mass is 10.7. The second-order valence-electron chi connectivity index (χ2n) is 1.61. The summed E-state index contributed by atoms with van der Waals surface area (Å²) in [6, 6.07) is 0. The number of rotatable bonds is 2. The van der Waals surface area contributed by atoms with Crippen molar-refractivity contribution in [3.63, 3.8) is 0 Å². The molecule has 0 aromatic carbocycles. The Labute approximate surface area is 57.9 Å². The van der Waals surface area contributed by atoms with E-state index in [0.717, 1.165) is 6.20 Å². The summed E-state index contributed by atoms with van der Waals surface area (Å²) in [7, 11) is 0. The zero-order chi connectivity index (χ0) is 7.40. The van der Waals surface area contributed by atoms with Crippen molar-refractivity contribution < 1.29 is 9.13 Å². The third-order valence-electron chi connectivity index (χ3n) is 0.889. The van der Waals surface area contributed by atoms with Gasteiger partial charge in [0, 0.05) is 0 Å². The lowest BCUT2D eigenvalue weighted by Crippen LogP contribution is -1.95. The average molecular weight is 142 g/mol. The quantitative estimate of drug-likeness (QED) is 0.618. The summed E-state index contributed by atoms with van der Waals surface area (Å²) in [5.41, 5.74) is 0. The zero-order valence-corrected chi connectivity index (χ0v) is 5.54. The van der Waals surface area contributed by atoms with Gasteiger partial charge >= 0.3 is 0 Å². The number of hydrogen-bond donors (Lipinski definition) is 0. The Morgan fingerprint density at radius 1 is 1.50 bits per heavy atom. The predicted octanol–water partition coefficient (Wildman–Crippen LogP) is 1.01. The number of aromatic nitrogens is 2. The third kappa shape index (κ3) is 1.65. The second-order valence-corrected chi connectivity index (χ2v) is 1.61. The van der Waals surface area contributed by atoms with E-state index in [9.17, 15) is 4.39 Å². The SMILES string of the molecule is CCOc1cnc(F)cn1. The number of halogens is 1. The Hall–Kier alpha value is -1.19. The highest BCUT2D eigenvalue weighted by molar-refractivity contribution is 5.01. The van der Waals surface area contributed by atoms with E-state index in [1.54, 1.807) is 0 Å². The molecule has 0 amide bonds. The zero-order valence-electron chi connectivity index (χ0n) is 5.54. The van der Waals surface area contributed by atoms with Crippen molar-refractivity contribution in [2.24, 2.45) is 0 Å². The molecule has 0 bridgehead atoms. The van der Waals surface area contributed by atoms with Crippen molar-refractivity contribution >= 4 is 0 Å². The van der Waals surface area contributed by atoms with Crippen molar-refractivity contribution in [2.45, 2.75) is 6.92 Å². The first-order valence-electron chi connectivity index (χ1n) is 2.93. The van der Waals surface area contributed by atoms with Crippen LogP contribution in [0.25, 0.3) is 0 Å². The van der Waals surface area contributed by atoms with Crippen molar-refractivity contribution in [1.29, 1.82) is 0 Å². The van der Waals surface area contributed by atoms with E-state index >= 15 is 0 Å². The van der Waals surface area contributed by atoms with E-state index in [4.69, 9.17) is 4.74 Å². The lowest BCUT2D eigenvalue weighted by Gasteiger charge is -1.97. The Morgan fingerprint density at radius 3 is 2.80 bits per heavy atom. The molecule has 0 radical (unpaired) electrons. The maximum Gasteiger partial charge on any atom is 0.232 e. The molecular weight excluding hydrogens is 135 g/mol. The number of nitrogens with zero attached hydrogens (tertiary/aromatic N) is 2. The molecular formula is C6H7FN2O. The molecule has 10 heavy (non-hydrogen) atoms. The van der Waals surface area contributed by atoms with Crippen molar-refractivity contribution in [1.82, 2.24) is 9.97 Å². The van der Waals surface area contributed by atoms with Gasteiger partial charge in [-0.05, 0) is 6.92 Å². The molecule has 0 N–H and O–H groups in total. The van der Waals surface area contributed by atoms with Gasteiger partial charge in [0.1, 0.15) is 0 Å². The van der Waals surface area contributed by atoms with Crippen LogP contribution in [0.2, 0.25) is 0 Å². The summed E-state index contributed by atoms with van der Waals surface area (Å²) in [6.45, 7) is 2.34. The largest absolute Gasteiger partial charge is 0.477 e. The number of hydrogen-bond acceptors (Lipinski definition) is 3. The first-order chi connectivity index (χ1) is 4.83. The van der Waals surface area contributed by atoms with Gasteiger partial charge in [-0.15, -0.1) is 0 Å². The van der Waals surface area contributed by atoms with Gasteiger partial charge in [-0.3, -0.25) is 0 Å². The first-order valence-corrected chi connectivity index (χ1v) is 2.93. The summed E-state index contributed by atoms with van der Waals surface area (Å²) in [4.78, 5) is 6.95. The van der Waals surface area contributed by atoms with Crippen LogP contribution in [0.4, 0.5) is 4.39 Å². The van der Waals surface area contributed by atoms with E-state index in [-0.39, 0.29) is 0 Å². The molecule has 54 valence electrons. The van der Waals surface area contributed by atoms with Crippen LogP contribution in [0.5, 0.6) is 5.88 Å². The minimum atomic E-state index is -0.594. The molecule has 0 aliphatic heterocycles. The molecule has 0 aliphatic rings. The molecule has 0 saturated carbocycles. The fourth-order valence-electron chi connectivity index (χ4n) is 0.523. The van der Waals surface area contributed by atoms with Crippen molar-refractivity contribution in [3.8, 4) is 5.88 Å². The highest BCUT2D eigenvalue weighted by Crippen LogP contribution is 2.01. The normalized spacial score (nSPS) is 9.40. The van der Waals surface area contributed by atoms with Gasteiger partial charge in [0.25, 0.3) is 0 Å². The lowest BCUT2D eigenvalue weighted by molar-refractivity contribution is 0.323. The fourth-order valence-corrected chi connectivity index (χ4v) is 0.523. The molecule has 0 spiro atoms. The van der Waals surface area contributed by atoms with Gasteiger partial charge in [0.2, 0.25) is 11.8 Å². The molecule has 0 aliphatic carbocycles. The van der Waals surface area contributed by atoms with Gasteiger partial charge in [0.05, 0.1) is 19.0 Å². The first kappa shape index (κ1) is 6.92. The van der Waals surface area contributed by atoms with Crippen LogP contribution in [0.15, 0.2) is 12.4 Å². The predicted molar refractivity (Wildman–Crippen MR) is 33.2 cm³/mol. The molecule has 1 heterocycles. The number of ether oxygens (including phenoxy) is 1. The summed E-state index contributed by atoms with van der Waals surface area (Å²) >= 11 is 0. The van der Waals surface area contributed by atoms with Crippen LogP contribution in [-0.4, -0.2) is 16.6 Å². The molecule has 0 fully saturated rings. The summed E-state index contributed by atoms with van der Waals surface area (Å²) in [5.74, 6) is -0.243. The standard InChI is InChI=1S/C6H7FN2O/c1-2-10-6-4-8-5(7)3-9-6/h3-4H,2H2,1H3. The minimum absolute atomic E-state index is 0.351. The Kier molecular flexibility index (Phi) is 2.15. The van der Waals surface area contributed by atoms with Gasteiger partial charge < -0.3 is 4.74 Å². The Morgan fingerprint density at radius 2 is 2.30 bits per heavy atom. The van der Waals surface area contributed by atoms with Gasteiger partial charge in [-0.2, -0.15) is 4.39 Å². The van der Waals surface area contributed by atoms with E-state index < -0.39 is 5.95 Å². The van der Waals surface area contributed by atoms with Crippen LogP contribution in [0, 0.1) is 5.95 Å². The topological polar surface area (TPSA) is 35.0 Å². The molecule has 0 unspecified atom stereocenters. The van der Waals surface area contributed by atoms with Crippen LogP contribution in [-0.2, 0) is 0 Å². The van der Waals surface area contributed by atoms with Crippen LogP contribution in [0.1, 0.15) is 6.92 Å². The minimum Gasteiger partial charge on any atom is -0.477 e. The van der Waals surface area contributed by atoms with E-state index in [0.29, 0.717) is 12.5 Å². The van der Waals surface area contributed by atoms with E-state index in [1.807, 2.05) is 6.92 Å². The highest BCUT2D eigenvalue weighted by Gasteiger charge is 1.93. The fraction of sp³-hybridized carbons (Fsp3) is 0.333. The van der Waals surface area contributed by atoms with E-state index in [2.05, 4.69) is 9.97 Å². The van der Waals surface area contributed by atoms with Crippen LogP contribution in [0.3, 0.4) is 0 Å². The molecule has 1 aromatic rings. The van der Waals surface area contributed by atoms with Gasteiger partial charge in [0.15, 0.2) is 0 Å². The Bertz CT molecular complexity index is 199. The van der Waals surface area contributed by atoms with Gasteiger partial charge in [-0.1, -0.05) is 0 Å². The van der Waals surface area contributed by atoms with Crippen LogP contribution >= 0.6 is 0 Å². The molecule has 1 rings (SSSR count). The third-order valence-corrected chi connectivity index (χ3v) is 0.889. The average Bonchev–Trinajstić information content (AvgIpc) is 1.95. The summed E-state index contributed by atoms with van der Waals surface area (Å²) in [6.07, 6.45) is 2.27. The second kappa shape index (κ2) is 3.10. The van der Waals surface area contributed by atoms with Crippen LogP contribution < -0.4 is 4.74 Å². The van der Waals surface area contributed by atoms with Crippen molar-refractivity contribution in [3.05, 3.63) is 18.3 Å². The monoisotopic (exact) mass is 142 g/mol. The summed E-state index contributed by atoms with van der Waals surface area (Å²) in [5, 5.41) is 0. The smallest absolute Gasteiger partial charge is 0.232 e. The molecule has 0 atom stereocenters. The molecule has 4 heteroatoms. The van der Waals surface area contributed by atoms with Crippen molar-refractivity contribution in [2.75, 3.05) is 6.61 Å². The highest BCUT2D eigenvalue weighted by atomic mass is 19.1. The Balaban J connectivity index is 2.69. The summed E-state index contributed by atoms with van der Waals surface area (Å²) < 4.78 is 17.0. The molecule has 1 aromatic heterocycles.